The standard InChI is InChI=1S/C11H15BrFN/c1-8(2-3-14)4-9-5-10(12)7-11(13)6-9/h5-8H,2-4,14H2,1H3. The van der Waals surface area contributed by atoms with E-state index < -0.39 is 0 Å². The maximum atomic E-state index is 13.0. The fraction of sp³-hybridized carbons (Fsp3) is 0.455. The Morgan fingerprint density at radius 2 is 2.14 bits per heavy atom. The van der Waals surface area contributed by atoms with E-state index in [1.54, 1.807) is 6.07 Å². The summed E-state index contributed by atoms with van der Waals surface area (Å²) in [6.45, 7) is 2.82. The van der Waals surface area contributed by atoms with Crippen LogP contribution in [0.1, 0.15) is 18.9 Å². The fourth-order valence-electron chi connectivity index (χ4n) is 1.52. The predicted octanol–water partition coefficient (Wildman–Crippen LogP) is 3.12. The Kier molecular flexibility index (Phi) is 4.55. The van der Waals surface area contributed by atoms with Crippen molar-refractivity contribution in [1.29, 1.82) is 0 Å². The Bertz CT molecular complexity index is 281. The van der Waals surface area contributed by atoms with Crippen LogP contribution in [0.15, 0.2) is 22.7 Å². The number of rotatable bonds is 4. The molecule has 1 rings (SSSR count). The average Bonchev–Trinajstić information content (AvgIpc) is 2.01. The molecule has 0 amide bonds. The number of nitrogens with two attached hydrogens (primary N) is 1. The zero-order valence-corrected chi connectivity index (χ0v) is 9.85. The molecule has 1 unspecified atom stereocenters. The second kappa shape index (κ2) is 5.47. The van der Waals surface area contributed by atoms with Gasteiger partial charge >= 0.3 is 0 Å². The highest BCUT2D eigenvalue weighted by Gasteiger charge is 2.04. The van der Waals surface area contributed by atoms with E-state index in [0.717, 1.165) is 22.9 Å². The van der Waals surface area contributed by atoms with Crippen molar-refractivity contribution < 1.29 is 4.39 Å². The van der Waals surface area contributed by atoms with Gasteiger partial charge in [0.05, 0.1) is 0 Å². The van der Waals surface area contributed by atoms with Gasteiger partial charge in [0, 0.05) is 4.47 Å². The van der Waals surface area contributed by atoms with E-state index in [9.17, 15) is 4.39 Å². The largest absolute Gasteiger partial charge is 0.330 e. The molecule has 14 heavy (non-hydrogen) atoms. The van der Waals surface area contributed by atoms with Crippen molar-refractivity contribution in [3.05, 3.63) is 34.1 Å². The van der Waals surface area contributed by atoms with E-state index >= 15 is 0 Å². The van der Waals surface area contributed by atoms with Crippen molar-refractivity contribution in [3.8, 4) is 0 Å². The third-order valence-electron chi connectivity index (χ3n) is 2.17. The number of hydrogen-bond acceptors (Lipinski definition) is 1. The van der Waals surface area contributed by atoms with Crippen molar-refractivity contribution in [2.75, 3.05) is 6.54 Å². The summed E-state index contributed by atoms with van der Waals surface area (Å²) in [4.78, 5) is 0. The van der Waals surface area contributed by atoms with Gasteiger partial charge in [0.25, 0.3) is 0 Å². The molecule has 2 N–H and O–H groups in total. The van der Waals surface area contributed by atoms with E-state index in [1.165, 1.54) is 6.07 Å². The van der Waals surface area contributed by atoms with Gasteiger partial charge in [-0.25, -0.2) is 4.39 Å². The molecular formula is C11H15BrFN. The van der Waals surface area contributed by atoms with Gasteiger partial charge in [-0.05, 0) is 49.1 Å². The zero-order valence-electron chi connectivity index (χ0n) is 8.26. The van der Waals surface area contributed by atoms with E-state index in [0.29, 0.717) is 12.5 Å². The lowest BCUT2D eigenvalue weighted by atomic mass is 9.98. The summed E-state index contributed by atoms with van der Waals surface area (Å²) in [7, 11) is 0. The fourth-order valence-corrected chi connectivity index (χ4v) is 2.03. The number of benzene rings is 1. The minimum Gasteiger partial charge on any atom is -0.330 e. The molecule has 1 nitrogen and oxygen atoms in total. The molecule has 0 bridgehead atoms. The second-order valence-electron chi connectivity index (χ2n) is 3.66. The third kappa shape index (κ3) is 3.76. The van der Waals surface area contributed by atoms with Crippen LogP contribution in [0.25, 0.3) is 0 Å². The van der Waals surface area contributed by atoms with Crippen LogP contribution < -0.4 is 5.73 Å². The molecule has 0 spiro atoms. The lowest BCUT2D eigenvalue weighted by Crippen LogP contribution is -2.08. The summed E-state index contributed by atoms with van der Waals surface area (Å²) in [6, 6.07) is 5.00. The van der Waals surface area contributed by atoms with E-state index in [1.807, 2.05) is 6.07 Å². The maximum absolute atomic E-state index is 13.0. The first-order chi connectivity index (χ1) is 6.61. The molecule has 0 saturated heterocycles. The third-order valence-corrected chi connectivity index (χ3v) is 2.62. The molecular weight excluding hydrogens is 245 g/mol. The minimum atomic E-state index is -0.186. The summed E-state index contributed by atoms with van der Waals surface area (Å²) < 4.78 is 13.8. The average molecular weight is 260 g/mol. The minimum absolute atomic E-state index is 0.186. The van der Waals surface area contributed by atoms with Gasteiger partial charge in [-0.15, -0.1) is 0 Å². The molecule has 1 aromatic rings. The number of hydrogen-bond donors (Lipinski definition) is 1. The van der Waals surface area contributed by atoms with Crippen LogP contribution in [0.2, 0.25) is 0 Å². The van der Waals surface area contributed by atoms with Gasteiger partial charge in [0.1, 0.15) is 5.82 Å². The Hall–Kier alpha value is -0.410. The maximum Gasteiger partial charge on any atom is 0.124 e. The monoisotopic (exact) mass is 259 g/mol. The molecule has 0 aliphatic carbocycles. The Morgan fingerprint density at radius 1 is 1.43 bits per heavy atom. The second-order valence-corrected chi connectivity index (χ2v) is 4.58. The predicted molar refractivity (Wildman–Crippen MR) is 60.6 cm³/mol. The Morgan fingerprint density at radius 3 is 2.71 bits per heavy atom. The zero-order chi connectivity index (χ0) is 10.6. The van der Waals surface area contributed by atoms with Crippen LogP contribution in [-0.2, 0) is 6.42 Å². The van der Waals surface area contributed by atoms with Crippen LogP contribution in [0.4, 0.5) is 4.39 Å². The molecule has 0 saturated carbocycles. The van der Waals surface area contributed by atoms with Gasteiger partial charge in [0.15, 0.2) is 0 Å². The topological polar surface area (TPSA) is 26.0 Å². The van der Waals surface area contributed by atoms with Crippen LogP contribution in [0.3, 0.4) is 0 Å². The van der Waals surface area contributed by atoms with E-state index in [4.69, 9.17) is 5.73 Å². The normalized spacial score (nSPS) is 12.9. The molecule has 1 atom stereocenters. The summed E-state index contributed by atoms with van der Waals surface area (Å²) in [5, 5.41) is 0. The lowest BCUT2D eigenvalue weighted by molar-refractivity contribution is 0.535. The highest BCUT2D eigenvalue weighted by atomic mass is 79.9. The molecule has 1 aromatic carbocycles. The number of halogens is 2. The highest BCUT2D eigenvalue weighted by Crippen LogP contribution is 2.18. The highest BCUT2D eigenvalue weighted by molar-refractivity contribution is 9.10. The van der Waals surface area contributed by atoms with E-state index in [2.05, 4.69) is 22.9 Å². The molecule has 0 fully saturated rings. The SMILES string of the molecule is CC(CCN)Cc1cc(F)cc(Br)c1. The molecule has 78 valence electrons. The Balaban J connectivity index is 2.66. The quantitative estimate of drug-likeness (QED) is 0.884. The van der Waals surface area contributed by atoms with E-state index in [-0.39, 0.29) is 5.82 Å². The van der Waals surface area contributed by atoms with Crippen LogP contribution >= 0.6 is 15.9 Å². The summed E-state index contributed by atoms with van der Waals surface area (Å²) in [5.41, 5.74) is 6.49. The van der Waals surface area contributed by atoms with Crippen molar-refractivity contribution in [1.82, 2.24) is 0 Å². The molecule has 0 radical (unpaired) electrons. The van der Waals surface area contributed by atoms with Gasteiger partial charge in [-0.3, -0.25) is 0 Å². The molecule has 0 aliphatic rings. The molecule has 0 aromatic heterocycles. The summed E-state index contributed by atoms with van der Waals surface area (Å²) >= 11 is 3.28. The first-order valence-corrected chi connectivity index (χ1v) is 5.56. The lowest BCUT2D eigenvalue weighted by Gasteiger charge is -2.10. The smallest absolute Gasteiger partial charge is 0.124 e. The van der Waals surface area contributed by atoms with Gasteiger partial charge in [0.2, 0.25) is 0 Å². The first-order valence-electron chi connectivity index (χ1n) is 4.77. The molecule has 3 heteroatoms. The van der Waals surface area contributed by atoms with Crippen molar-refractivity contribution in [2.24, 2.45) is 11.7 Å². The summed E-state index contributed by atoms with van der Waals surface area (Å²) in [5.74, 6) is 0.322. The van der Waals surface area contributed by atoms with Crippen molar-refractivity contribution >= 4 is 15.9 Å². The van der Waals surface area contributed by atoms with Gasteiger partial charge in [-0.1, -0.05) is 22.9 Å². The van der Waals surface area contributed by atoms with Crippen LogP contribution in [0, 0.1) is 11.7 Å². The Labute approximate surface area is 92.6 Å². The summed E-state index contributed by atoms with van der Waals surface area (Å²) in [6.07, 6.45) is 1.86. The molecule has 0 aliphatic heterocycles. The first kappa shape index (κ1) is 11.7. The van der Waals surface area contributed by atoms with Crippen molar-refractivity contribution in [3.63, 3.8) is 0 Å². The molecule has 0 heterocycles. The van der Waals surface area contributed by atoms with Crippen LogP contribution in [0.5, 0.6) is 0 Å². The van der Waals surface area contributed by atoms with Crippen molar-refractivity contribution in [2.45, 2.75) is 19.8 Å². The van der Waals surface area contributed by atoms with Gasteiger partial charge < -0.3 is 5.73 Å². The van der Waals surface area contributed by atoms with Gasteiger partial charge in [-0.2, -0.15) is 0 Å². The van der Waals surface area contributed by atoms with Crippen LogP contribution in [-0.4, -0.2) is 6.54 Å².